The van der Waals surface area contributed by atoms with Crippen LogP contribution in [0.4, 0.5) is 10.1 Å². The van der Waals surface area contributed by atoms with Gasteiger partial charge in [0.2, 0.25) is 10.0 Å². The predicted octanol–water partition coefficient (Wildman–Crippen LogP) is 4.65. The number of nitrogens with zero attached hydrogens (tertiary/aromatic N) is 3. The highest BCUT2D eigenvalue weighted by Gasteiger charge is 2.27. The molecule has 11 heteroatoms. The second-order valence-electron chi connectivity index (χ2n) is 9.74. The molecule has 3 N–H and O–H groups in total. The average Bonchev–Trinajstić information content (AvgIpc) is 3.40. The largest absolute Gasteiger partial charge is 0.346 e. The molecular formula is C28H30FN5O3S2. The first-order valence-corrected chi connectivity index (χ1v) is 14.8. The normalized spacial score (nSPS) is 13.9. The second-order valence-corrected chi connectivity index (χ2v) is 12.7. The molecule has 0 unspecified atom stereocenters. The van der Waals surface area contributed by atoms with E-state index in [-0.39, 0.29) is 11.4 Å². The number of hydrogen-bond donors (Lipinski definition) is 2. The molecule has 0 aliphatic heterocycles. The van der Waals surface area contributed by atoms with E-state index >= 15 is 0 Å². The van der Waals surface area contributed by atoms with Crippen molar-refractivity contribution in [3.63, 3.8) is 0 Å². The summed E-state index contributed by atoms with van der Waals surface area (Å²) >= 11 is 1.29. The van der Waals surface area contributed by atoms with Gasteiger partial charge in [0.15, 0.2) is 0 Å². The maximum atomic E-state index is 13.3. The van der Waals surface area contributed by atoms with Gasteiger partial charge in [0.1, 0.15) is 15.8 Å². The number of sulfonamides is 1. The quantitative estimate of drug-likeness (QED) is 0.304. The molecule has 4 aromatic rings. The standard InChI is InChI=1S/C28H30FN5O3S2/c1-18(20-10-12-23(29)13-11-20)31-25(35)21-14-22(16-24(15-21)34(3)39(4,36)37)26-32-33-27(38-26)28(2,30)17-19-8-6-5-7-9-19/h5-16,18H,17,30H2,1-4H3,(H,31,35)/t18-,28+/m1/s1. The number of carbonyl (C=O) groups is 1. The molecule has 1 heterocycles. The lowest BCUT2D eigenvalue weighted by Gasteiger charge is -2.21. The number of anilines is 1. The number of benzene rings is 3. The highest BCUT2D eigenvalue weighted by atomic mass is 32.2. The third-order valence-corrected chi connectivity index (χ3v) is 8.79. The molecule has 4 rings (SSSR count). The van der Waals surface area contributed by atoms with Crippen molar-refractivity contribution in [3.05, 3.63) is 100 Å². The summed E-state index contributed by atoms with van der Waals surface area (Å²) in [4.78, 5) is 13.3. The van der Waals surface area contributed by atoms with Gasteiger partial charge in [-0.05, 0) is 61.7 Å². The van der Waals surface area contributed by atoms with Gasteiger partial charge in [-0.2, -0.15) is 0 Å². The van der Waals surface area contributed by atoms with E-state index in [0.29, 0.717) is 27.7 Å². The Balaban J connectivity index is 1.67. The van der Waals surface area contributed by atoms with Gasteiger partial charge in [-0.1, -0.05) is 53.8 Å². The van der Waals surface area contributed by atoms with Crippen LogP contribution in [0.25, 0.3) is 10.6 Å². The Bertz CT molecular complexity index is 1570. The van der Waals surface area contributed by atoms with Crippen molar-refractivity contribution in [2.45, 2.75) is 31.8 Å². The van der Waals surface area contributed by atoms with Crippen LogP contribution >= 0.6 is 11.3 Å². The molecule has 39 heavy (non-hydrogen) atoms. The number of nitrogens with one attached hydrogen (secondary N) is 1. The number of rotatable bonds is 9. The monoisotopic (exact) mass is 567 g/mol. The van der Waals surface area contributed by atoms with Gasteiger partial charge in [0.25, 0.3) is 5.91 Å². The fourth-order valence-electron chi connectivity index (χ4n) is 4.02. The number of aromatic nitrogens is 2. The first-order valence-electron chi connectivity index (χ1n) is 12.2. The Morgan fingerprint density at radius 3 is 2.41 bits per heavy atom. The molecule has 0 bridgehead atoms. The van der Waals surface area contributed by atoms with Crippen molar-refractivity contribution in [1.82, 2.24) is 15.5 Å². The van der Waals surface area contributed by atoms with Crippen LogP contribution in [0.2, 0.25) is 0 Å². The van der Waals surface area contributed by atoms with Crippen molar-refractivity contribution >= 4 is 33.0 Å². The van der Waals surface area contributed by atoms with Gasteiger partial charge in [-0.3, -0.25) is 9.10 Å². The van der Waals surface area contributed by atoms with Crippen LogP contribution in [0.3, 0.4) is 0 Å². The van der Waals surface area contributed by atoms with Gasteiger partial charge in [-0.25, -0.2) is 12.8 Å². The number of nitrogens with two attached hydrogens (primary N) is 1. The van der Waals surface area contributed by atoms with E-state index < -0.39 is 27.5 Å². The van der Waals surface area contributed by atoms with E-state index in [2.05, 4.69) is 15.5 Å². The highest BCUT2D eigenvalue weighted by Crippen LogP contribution is 2.33. The molecule has 2 atom stereocenters. The SMILES string of the molecule is C[C@@H](NC(=O)c1cc(-c2nnc([C@@](C)(N)Cc3ccccc3)s2)cc(N(C)S(C)(=O)=O)c1)c1ccc(F)cc1. The summed E-state index contributed by atoms with van der Waals surface area (Å²) in [7, 11) is -2.19. The zero-order valence-corrected chi connectivity index (χ0v) is 23.7. The number of hydrogen-bond acceptors (Lipinski definition) is 7. The lowest BCUT2D eigenvalue weighted by Crippen LogP contribution is -2.35. The van der Waals surface area contributed by atoms with Crippen LogP contribution in [-0.4, -0.2) is 37.8 Å². The number of amides is 1. The predicted molar refractivity (Wildman–Crippen MR) is 153 cm³/mol. The van der Waals surface area contributed by atoms with E-state index in [0.717, 1.165) is 21.7 Å². The Labute approximate surface area is 231 Å². The number of carbonyl (C=O) groups excluding carboxylic acids is 1. The van der Waals surface area contributed by atoms with E-state index in [1.165, 1.54) is 36.6 Å². The van der Waals surface area contributed by atoms with E-state index in [4.69, 9.17) is 5.73 Å². The first kappa shape index (κ1) is 28.3. The summed E-state index contributed by atoms with van der Waals surface area (Å²) in [6.45, 7) is 3.66. The Morgan fingerprint density at radius 2 is 1.77 bits per heavy atom. The third-order valence-electron chi connectivity index (χ3n) is 6.33. The minimum atomic E-state index is -3.61. The van der Waals surface area contributed by atoms with Gasteiger partial charge in [-0.15, -0.1) is 10.2 Å². The molecule has 0 fully saturated rings. The number of halogens is 1. The topological polar surface area (TPSA) is 118 Å². The second kappa shape index (κ2) is 11.2. The van der Waals surface area contributed by atoms with Crippen LogP contribution in [-0.2, 0) is 22.0 Å². The third kappa shape index (κ3) is 6.86. The fraction of sp³-hybridized carbons (Fsp3) is 0.250. The van der Waals surface area contributed by atoms with E-state index in [1.807, 2.05) is 37.3 Å². The molecule has 3 aromatic carbocycles. The summed E-state index contributed by atoms with van der Waals surface area (Å²) < 4.78 is 39.0. The van der Waals surface area contributed by atoms with Crippen LogP contribution in [0.15, 0.2) is 72.8 Å². The smallest absolute Gasteiger partial charge is 0.251 e. The van der Waals surface area contributed by atoms with Crippen molar-refractivity contribution < 1.29 is 17.6 Å². The molecule has 0 spiro atoms. The van der Waals surface area contributed by atoms with Gasteiger partial charge >= 0.3 is 0 Å². The van der Waals surface area contributed by atoms with Crippen molar-refractivity contribution in [3.8, 4) is 10.6 Å². The molecule has 1 aromatic heterocycles. The maximum absolute atomic E-state index is 13.3. The van der Waals surface area contributed by atoms with Crippen LogP contribution < -0.4 is 15.4 Å². The van der Waals surface area contributed by atoms with Crippen molar-refractivity contribution in [2.24, 2.45) is 5.73 Å². The van der Waals surface area contributed by atoms with E-state index in [1.54, 1.807) is 31.2 Å². The molecule has 0 aliphatic carbocycles. The summed E-state index contributed by atoms with van der Waals surface area (Å²) in [5, 5.41) is 12.7. The summed E-state index contributed by atoms with van der Waals surface area (Å²) in [5.74, 6) is -0.790. The average molecular weight is 568 g/mol. The van der Waals surface area contributed by atoms with Gasteiger partial charge in [0, 0.05) is 18.2 Å². The minimum Gasteiger partial charge on any atom is -0.346 e. The van der Waals surface area contributed by atoms with Crippen molar-refractivity contribution in [2.75, 3.05) is 17.6 Å². The zero-order chi connectivity index (χ0) is 28.4. The molecule has 8 nitrogen and oxygen atoms in total. The molecule has 0 saturated heterocycles. The summed E-state index contributed by atoms with van der Waals surface area (Å²) in [6, 6.07) is 20.1. The fourth-order valence-corrected chi connectivity index (χ4v) is 5.40. The minimum absolute atomic E-state index is 0.239. The molecule has 0 saturated carbocycles. The molecule has 0 aliphatic rings. The lowest BCUT2D eigenvalue weighted by molar-refractivity contribution is 0.0940. The maximum Gasteiger partial charge on any atom is 0.251 e. The van der Waals surface area contributed by atoms with Crippen LogP contribution in [0.1, 0.15) is 46.4 Å². The molecular weight excluding hydrogens is 537 g/mol. The highest BCUT2D eigenvalue weighted by molar-refractivity contribution is 7.92. The molecule has 1 amide bonds. The summed E-state index contributed by atoms with van der Waals surface area (Å²) in [5.41, 5.74) is 8.69. The van der Waals surface area contributed by atoms with Crippen LogP contribution in [0.5, 0.6) is 0 Å². The molecule has 0 radical (unpaired) electrons. The van der Waals surface area contributed by atoms with Crippen molar-refractivity contribution in [1.29, 1.82) is 0 Å². The van der Waals surface area contributed by atoms with Crippen LogP contribution in [0, 0.1) is 5.82 Å². The zero-order valence-electron chi connectivity index (χ0n) is 22.1. The van der Waals surface area contributed by atoms with E-state index in [9.17, 15) is 17.6 Å². The summed E-state index contributed by atoms with van der Waals surface area (Å²) in [6.07, 6.45) is 1.64. The first-order chi connectivity index (χ1) is 18.3. The lowest BCUT2D eigenvalue weighted by atomic mass is 9.95. The Hall–Kier alpha value is -3.67. The molecule has 204 valence electrons. The Kier molecular flexibility index (Phi) is 8.15. The Morgan fingerprint density at radius 1 is 1.10 bits per heavy atom. The van der Waals surface area contributed by atoms with Gasteiger partial charge in [0.05, 0.1) is 23.5 Å². The van der Waals surface area contributed by atoms with Gasteiger partial charge < -0.3 is 11.1 Å².